The molecule has 134 valence electrons. The fraction of sp³-hybridized carbons (Fsp3) is 0.222. The van der Waals surface area contributed by atoms with Gasteiger partial charge in [-0.15, -0.1) is 0 Å². The lowest BCUT2D eigenvalue weighted by molar-refractivity contribution is -0.121. The Kier molecular flexibility index (Phi) is 4.83. The number of carbonyl (C=O) groups excluding carboxylic acids is 2. The lowest BCUT2D eigenvalue weighted by Gasteiger charge is -2.06. The first-order valence-corrected chi connectivity index (χ1v) is 8.13. The number of benzene rings is 1. The highest BCUT2D eigenvalue weighted by molar-refractivity contribution is 5.96. The number of para-hydroxylation sites is 1. The highest BCUT2D eigenvalue weighted by Gasteiger charge is 2.12. The minimum atomic E-state index is -0.319. The van der Waals surface area contributed by atoms with Gasteiger partial charge in [0, 0.05) is 32.6 Å². The smallest absolute Gasteiger partial charge is 0.326 e. The second-order valence-corrected chi connectivity index (χ2v) is 5.90. The van der Waals surface area contributed by atoms with Crippen LogP contribution in [-0.2, 0) is 23.7 Å². The molecule has 2 amide bonds. The Bertz CT molecular complexity index is 1020. The summed E-state index contributed by atoms with van der Waals surface area (Å²) < 4.78 is 2.90. The number of aryl methyl sites for hydroxylation is 2. The van der Waals surface area contributed by atoms with E-state index >= 15 is 0 Å². The van der Waals surface area contributed by atoms with Gasteiger partial charge in [-0.3, -0.25) is 18.7 Å². The predicted molar refractivity (Wildman–Crippen MR) is 98.9 cm³/mol. The number of carbonyl (C=O) groups is 2. The number of anilines is 2. The molecular weight excluding hydrogens is 334 g/mol. The first-order valence-electron chi connectivity index (χ1n) is 8.13. The van der Waals surface area contributed by atoms with E-state index in [9.17, 15) is 14.4 Å². The van der Waals surface area contributed by atoms with E-state index in [0.29, 0.717) is 22.7 Å². The summed E-state index contributed by atoms with van der Waals surface area (Å²) in [6.07, 6.45) is 0.0961. The van der Waals surface area contributed by atoms with Crippen LogP contribution < -0.4 is 16.3 Å². The molecule has 0 saturated heterocycles. The van der Waals surface area contributed by atoms with E-state index in [0.717, 1.165) is 0 Å². The number of hydrogen-bond acceptors (Lipinski definition) is 4. The summed E-state index contributed by atoms with van der Waals surface area (Å²) in [4.78, 5) is 40.1. The van der Waals surface area contributed by atoms with Crippen molar-refractivity contribution in [1.82, 2.24) is 14.1 Å². The summed E-state index contributed by atoms with van der Waals surface area (Å²) in [5.74, 6) is -0.214. The Morgan fingerprint density at radius 3 is 2.27 bits per heavy atom. The number of hydrogen-bond donors (Lipinski definition) is 2. The molecule has 0 aliphatic carbocycles. The summed E-state index contributed by atoms with van der Waals surface area (Å²) in [6.45, 7) is 0. The third-order valence-corrected chi connectivity index (χ3v) is 4.01. The van der Waals surface area contributed by atoms with Gasteiger partial charge in [0.05, 0.1) is 5.52 Å². The molecule has 1 aromatic carbocycles. The van der Waals surface area contributed by atoms with Crippen LogP contribution in [0.1, 0.15) is 12.8 Å². The minimum absolute atomic E-state index is 0.0338. The molecule has 8 nitrogen and oxygen atoms in total. The van der Waals surface area contributed by atoms with Gasteiger partial charge in [-0.1, -0.05) is 18.2 Å². The third kappa shape index (κ3) is 3.64. The topological polar surface area (TPSA) is 98.0 Å². The van der Waals surface area contributed by atoms with E-state index in [4.69, 9.17) is 0 Å². The zero-order valence-corrected chi connectivity index (χ0v) is 14.5. The molecule has 0 unspecified atom stereocenters. The Labute approximate surface area is 149 Å². The Morgan fingerprint density at radius 1 is 0.923 bits per heavy atom. The molecule has 0 saturated carbocycles. The first kappa shape index (κ1) is 17.4. The molecular formula is C18H19N5O3. The molecule has 2 N–H and O–H groups in total. The second kappa shape index (κ2) is 7.22. The van der Waals surface area contributed by atoms with E-state index in [2.05, 4.69) is 15.6 Å². The van der Waals surface area contributed by atoms with Crippen LogP contribution >= 0.6 is 0 Å². The molecule has 0 spiro atoms. The Hall–Kier alpha value is -3.42. The normalized spacial score (nSPS) is 10.7. The Balaban J connectivity index is 1.60. The van der Waals surface area contributed by atoms with Crippen molar-refractivity contribution >= 4 is 34.5 Å². The van der Waals surface area contributed by atoms with Crippen LogP contribution in [0, 0.1) is 0 Å². The summed E-state index contributed by atoms with van der Waals surface area (Å²) in [5, 5.41) is 5.38. The quantitative estimate of drug-likeness (QED) is 0.728. The average molecular weight is 353 g/mol. The van der Waals surface area contributed by atoms with Crippen LogP contribution in [-0.4, -0.2) is 25.9 Å². The van der Waals surface area contributed by atoms with Crippen molar-refractivity contribution in [3.63, 3.8) is 0 Å². The van der Waals surface area contributed by atoms with Crippen LogP contribution in [0.2, 0.25) is 0 Å². The van der Waals surface area contributed by atoms with Gasteiger partial charge in [-0.25, -0.2) is 9.78 Å². The standard InChI is InChI=1S/C18H19N5O3/c1-22-13-8-9-14(21-17(13)23(2)18(22)26)20-16(25)11-10-15(24)19-12-6-4-3-5-7-12/h3-9H,10-11H2,1-2H3,(H,19,24)(H,20,21,25). The average Bonchev–Trinajstić information content (AvgIpc) is 2.85. The van der Waals surface area contributed by atoms with Crippen molar-refractivity contribution in [1.29, 1.82) is 0 Å². The third-order valence-electron chi connectivity index (χ3n) is 4.01. The van der Waals surface area contributed by atoms with E-state index in [1.165, 1.54) is 9.13 Å². The molecule has 2 aromatic heterocycles. The first-order chi connectivity index (χ1) is 12.5. The van der Waals surface area contributed by atoms with Crippen molar-refractivity contribution < 1.29 is 9.59 Å². The van der Waals surface area contributed by atoms with Gasteiger partial charge in [-0.05, 0) is 24.3 Å². The highest BCUT2D eigenvalue weighted by Crippen LogP contribution is 2.13. The number of nitrogens with one attached hydrogen (secondary N) is 2. The van der Waals surface area contributed by atoms with Crippen LogP contribution in [0.3, 0.4) is 0 Å². The molecule has 3 aromatic rings. The zero-order chi connectivity index (χ0) is 18.7. The van der Waals surface area contributed by atoms with Crippen LogP contribution in [0.15, 0.2) is 47.3 Å². The minimum Gasteiger partial charge on any atom is -0.326 e. The Morgan fingerprint density at radius 2 is 1.58 bits per heavy atom. The van der Waals surface area contributed by atoms with Gasteiger partial charge in [0.15, 0.2) is 5.65 Å². The summed E-state index contributed by atoms with van der Waals surface area (Å²) in [5.41, 5.74) is 1.67. The van der Waals surface area contributed by atoms with Gasteiger partial charge in [0.25, 0.3) is 0 Å². The van der Waals surface area contributed by atoms with Gasteiger partial charge >= 0.3 is 5.69 Å². The van der Waals surface area contributed by atoms with Crippen molar-refractivity contribution in [2.24, 2.45) is 14.1 Å². The highest BCUT2D eigenvalue weighted by atomic mass is 16.2. The molecule has 0 bridgehead atoms. The summed E-state index contributed by atoms with van der Waals surface area (Å²) in [7, 11) is 3.28. The fourth-order valence-electron chi connectivity index (χ4n) is 2.62. The number of amides is 2. The molecule has 26 heavy (non-hydrogen) atoms. The summed E-state index contributed by atoms with van der Waals surface area (Å²) >= 11 is 0. The number of imidazole rings is 1. The number of rotatable bonds is 5. The zero-order valence-electron chi connectivity index (χ0n) is 14.5. The largest absolute Gasteiger partial charge is 0.329 e. The van der Waals surface area contributed by atoms with Crippen LogP contribution in [0.5, 0.6) is 0 Å². The van der Waals surface area contributed by atoms with E-state index in [1.807, 2.05) is 18.2 Å². The molecule has 0 aliphatic rings. The second-order valence-electron chi connectivity index (χ2n) is 5.90. The van der Waals surface area contributed by atoms with Gasteiger partial charge < -0.3 is 10.6 Å². The maximum absolute atomic E-state index is 12.1. The lowest BCUT2D eigenvalue weighted by Crippen LogP contribution is -2.19. The van der Waals surface area contributed by atoms with Crippen molar-refractivity contribution in [3.8, 4) is 0 Å². The predicted octanol–water partition coefficient (Wildman–Crippen LogP) is 1.63. The molecule has 0 aliphatic heterocycles. The van der Waals surface area contributed by atoms with Gasteiger partial charge in [0.2, 0.25) is 11.8 Å². The maximum atomic E-state index is 12.1. The monoisotopic (exact) mass is 353 g/mol. The van der Waals surface area contributed by atoms with Crippen LogP contribution in [0.25, 0.3) is 11.2 Å². The lowest BCUT2D eigenvalue weighted by atomic mass is 10.2. The molecule has 0 fully saturated rings. The molecule has 3 rings (SSSR count). The summed E-state index contributed by atoms with van der Waals surface area (Å²) in [6, 6.07) is 12.4. The SMILES string of the molecule is Cn1c(=O)n(C)c2nc(NC(=O)CCC(=O)Nc3ccccc3)ccc21. The van der Waals surface area contributed by atoms with Gasteiger partial charge in [0.1, 0.15) is 5.82 Å². The fourth-order valence-corrected chi connectivity index (χ4v) is 2.62. The van der Waals surface area contributed by atoms with E-state index in [-0.39, 0.29) is 30.3 Å². The number of fused-ring (bicyclic) bond motifs is 1. The van der Waals surface area contributed by atoms with Gasteiger partial charge in [-0.2, -0.15) is 0 Å². The van der Waals surface area contributed by atoms with Crippen LogP contribution in [0.4, 0.5) is 11.5 Å². The van der Waals surface area contributed by atoms with Crippen molar-refractivity contribution in [3.05, 3.63) is 52.9 Å². The molecule has 2 heterocycles. The number of nitrogens with zero attached hydrogens (tertiary/aromatic N) is 3. The number of aromatic nitrogens is 3. The number of pyridine rings is 1. The van der Waals surface area contributed by atoms with E-state index < -0.39 is 0 Å². The molecule has 0 radical (unpaired) electrons. The van der Waals surface area contributed by atoms with E-state index in [1.54, 1.807) is 38.4 Å². The van der Waals surface area contributed by atoms with Crippen molar-refractivity contribution in [2.45, 2.75) is 12.8 Å². The molecule has 0 atom stereocenters. The molecule has 8 heteroatoms. The van der Waals surface area contributed by atoms with Crippen molar-refractivity contribution in [2.75, 3.05) is 10.6 Å². The maximum Gasteiger partial charge on any atom is 0.329 e.